The minimum atomic E-state index is -0.977. The maximum absolute atomic E-state index is 11.9. The van der Waals surface area contributed by atoms with Crippen LogP contribution in [0, 0.1) is 0 Å². The number of hydrogen-bond acceptors (Lipinski definition) is 4. The van der Waals surface area contributed by atoms with Gasteiger partial charge in [-0.3, -0.25) is 0 Å². The second-order valence-electron chi connectivity index (χ2n) is 17.6. The molecule has 8 bridgehead atoms. The lowest BCUT2D eigenvalue weighted by molar-refractivity contribution is 0.0686. The second-order valence-corrected chi connectivity index (χ2v) is 17.6. The molecule has 5 aromatic rings. The molecule has 0 aliphatic carbocycles. The first-order valence-corrected chi connectivity index (χ1v) is 24.2. The Labute approximate surface area is 379 Å². The van der Waals surface area contributed by atoms with E-state index in [1.165, 1.54) is 114 Å². The van der Waals surface area contributed by atoms with Crippen LogP contribution in [0.2, 0.25) is 0 Å². The molecular weight excluding hydrogens is 793 g/mol. The maximum atomic E-state index is 11.9. The largest absolute Gasteiger partial charge is 0.478 e. The first-order chi connectivity index (χ1) is 31.3. The molecule has 7 rings (SSSR count). The van der Waals surface area contributed by atoms with E-state index in [9.17, 15) is 19.8 Å². The maximum Gasteiger partial charge on any atom is 0.335 e. The summed E-state index contributed by atoms with van der Waals surface area (Å²) < 4.78 is 0. The fourth-order valence-corrected chi connectivity index (χ4v) is 9.24. The number of aromatic amines is 2. The number of carbonyl (C=O) groups is 2. The van der Waals surface area contributed by atoms with Gasteiger partial charge in [0, 0.05) is 44.3 Å². The fourth-order valence-electron chi connectivity index (χ4n) is 9.24. The standard InChI is InChI=1S/C56H66N4O4/c1-3-5-7-9-11-13-15-17-19-21-43-45-31-32-46(57-45)44(22-20-18-16-14-12-10-8-6-4-2)48-34-36-50(59-48)54(40-25-29-42(30-26-40)56(63)64)52-38-37-51(60-52)53(49-35-33-47(43)58-49)39-23-27-41(28-24-39)55(61)62/h23-38,57,60H,3-22H2,1-2H3,(H,61,62)(H,63,64). The highest BCUT2D eigenvalue weighted by Crippen LogP contribution is 2.36. The summed E-state index contributed by atoms with van der Waals surface area (Å²) in [5, 5.41) is 19.5. The molecule has 0 spiro atoms. The fraction of sp³-hybridized carbons (Fsp3) is 0.393. The molecule has 0 saturated heterocycles. The van der Waals surface area contributed by atoms with E-state index in [0.717, 1.165) is 92.8 Å². The van der Waals surface area contributed by atoms with Crippen molar-refractivity contribution in [1.29, 1.82) is 0 Å². The summed E-state index contributed by atoms with van der Waals surface area (Å²) in [6.07, 6.45) is 32.9. The smallest absolute Gasteiger partial charge is 0.335 e. The van der Waals surface area contributed by atoms with Crippen LogP contribution in [-0.4, -0.2) is 42.1 Å². The molecule has 2 aliphatic heterocycles. The van der Waals surface area contributed by atoms with Crippen molar-refractivity contribution in [3.05, 3.63) is 118 Å². The van der Waals surface area contributed by atoms with E-state index in [-0.39, 0.29) is 11.1 Å². The van der Waals surface area contributed by atoms with Crippen LogP contribution in [0.15, 0.2) is 72.8 Å². The summed E-state index contributed by atoms with van der Waals surface area (Å²) in [5.41, 5.74) is 13.4. The highest BCUT2D eigenvalue weighted by Gasteiger charge is 2.18. The zero-order chi connectivity index (χ0) is 44.7. The number of fused-ring (bicyclic) bond motifs is 8. The van der Waals surface area contributed by atoms with Crippen molar-refractivity contribution < 1.29 is 19.8 Å². The highest BCUT2D eigenvalue weighted by atomic mass is 16.4. The predicted molar refractivity (Wildman–Crippen MR) is 266 cm³/mol. The van der Waals surface area contributed by atoms with Gasteiger partial charge in [-0.2, -0.15) is 0 Å². The summed E-state index contributed by atoms with van der Waals surface area (Å²) >= 11 is 0. The molecule has 0 radical (unpaired) electrons. The van der Waals surface area contributed by atoms with Gasteiger partial charge >= 0.3 is 11.9 Å². The average Bonchev–Trinajstić information content (AvgIpc) is 4.16. The number of carboxylic acid groups (broad SMARTS) is 2. The number of carboxylic acids is 2. The van der Waals surface area contributed by atoms with E-state index in [1.807, 2.05) is 36.4 Å². The van der Waals surface area contributed by atoms with Crippen molar-refractivity contribution in [2.45, 2.75) is 142 Å². The molecule has 8 nitrogen and oxygen atoms in total. The molecule has 0 fully saturated rings. The molecule has 8 heteroatoms. The lowest BCUT2D eigenvalue weighted by Crippen LogP contribution is -1.96. The van der Waals surface area contributed by atoms with Gasteiger partial charge in [0.05, 0.1) is 33.9 Å². The molecule has 5 heterocycles. The Bertz CT molecular complexity index is 2420. The third-order valence-corrected chi connectivity index (χ3v) is 12.9. The number of nitrogens with zero attached hydrogens (tertiary/aromatic N) is 2. The van der Waals surface area contributed by atoms with Crippen molar-refractivity contribution in [2.75, 3.05) is 0 Å². The molecular formula is C56H66N4O4. The van der Waals surface area contributed by atoms with Crippen LogP contribution in [0.1, 0.15) is 184 Å². The number of nitrogens with one attached hydrogen (secondary N) is 2. The Kier molecular flexibility index (Phi) is 16.6. The zero-order valence-electron chi connectivity index (χ0n) is 38.0. The number of aromatic nitrogens is 4. The van der Waals surface area contributed by atoms with Crippen LogP contribution < -0.4 is 0 Å². The van der Waals surface area contributed by atoms with Crippen LogP contribution in [0.5, 0.6) is 0 Å². The number of benzene rings is 2. The van der Waals surface area contributed by atoms with Gasteiger partial charge in [-0.05, 0) is 110 Å². The normalized spacial score (nSPS) is 12.0. The van der Waals surface area contributed by atoms with Crippen molar-refractivity contribution in [1.82, 2.24) is 19.9 Å². The number of rotatable bonds is 24. The number of aromatic carboxylic acids is 2. The number of aryl methyl sites for hydroxylation is 2. The molecule has 2 aromatic carbocycles. The van der Waals surface area contributed by atoms with Gasteiger partial charge in [0.25, 0.3) is 0 Å². The van der Waals surface area contributed by atoms with Crippen molar-refractivity contribution in [3.8, 4) is 22.3 Å². The molecule has 0 atom stereocenters. The van der Waals surface area contributed by atoms with Crippen LogP contribution >= 0.6 is 0 Å². The molecule has 64 heavy (non-hydrogen) atoms. The van der Waals surface area contributed by atoms with Gasteiger partial charge in [0.1, 0.15) is 0 Å². The van der Waals surface area contributed by atoms with Crippen LogP contribution in [-0.2, 0) is 12.8 Å². The Morgan fingerprint density at radius 2 is 0.719 bits per heavy atom. The number of unbranched alkanes of at least 4 members (excludes halogenated alkanes) is 16. The molecule has 0 unspecified atom stereocenters. The van der Waals surface area contributed by atoms with Gasteiger partial charge in [-0.1, -0.05) is 141 Å². The van der Waals surface area contributed by atoms with Gasteiger partial charge in [-0.15, -0.1) is 0 Å². The minimum Gasteiger partial charge on any atom is -0.478 e. The van der Waals surface area contributed by atoms with Crippen LogP contribution in [0.3, 0.4) is 0 Å². The SMILES string of the molecule is CCCCCCCCCCCc1c2nc(c(-c3ccc(C(=O)O)cc3)c3ccc([nH]3)c(-c3ccc(C(=O)O)cc3)c3nc(c(CCCCCCCCCCC)c4ccc1[nH]4)C=C3)C=C2. The second kappa shape index (κ2) is 23.1. The summed E-state index contributed by atoms with van der Waals surface area (Å²) in [7, 11) is 0. The predicted octanol–water partition coefficient (Wildman–Crippen LogP) is 15.5. The Morgan fingerprint density at radius 1 is 0.406 bits per heavy atom. The molecule has 2 aliphatic rings. The lowest BCUT2D eigenvalue weighted by Gasteiger charge is -2.07. The highest BCUT2D eigenvalue weighted by molar-refractivity contribution is 5.97. The van der Waals surface area contributed by atoms with Crippen molar-refractivity contribution >= 4 is 58.3 Å². The van der Waals surface area contributed by atoms with E-state index in [1.54, 1.807) is 24.3 Å². The lowest BCUT2D eigenvalue weighted by atomic mass is 10.0. The molecule has 334 valence electrons. The Hall–Kier alpha value is -6.02. The average molecular weight is 859 g/mol. The summed E-state index contributed by atoms with van der Waals surface area (Å²) in [6.45, 7) is 4.54. The van der Waals surface area contributed by atoms with Gasteiger partial charge in [0.2, 0.25) is 0 Å². The van der Waals surface area contributed by atoms with E-state index in [4.69, 9.17) is 9.97 Å². The summed E-state index contributed by atoms with van der Waals surface area (Å²) in [5.74, 6) is -1.95. The quantitative estimate of drug-likeness (QED) is 0.0448. The van der Waals surface area contributed by atoms with Gasteiger partial charge < -0.3 is 20.2 Å². The van der Waals surface area contributed by atoms with Crippen LogP contribution in [0.4, 0.5) is 0 Å². The van der Waals surface area contributed by atoms with Crippen molar-refractivity contribution in [2.24, 2.45) is 0 Å². The third-order valence-electron chi connectivity index (χ3n) is 12.9. The van der Waals surface area contributed by atoms with E-state index < -0.39 is 11.9 Å². The number of hydrogen-bond donors (Lipinski definition) is 4. The topological polar surface area (TPSA) is 132 Å². The number of H-pyrrole nitrogens is 2. The summed E-state index contributed by atoms with van der Waals surface area (Å²) in [6, 6.07) is 22.5. The molecule has 3 aromatic heterocycles. The minimum absolute atomic E-state index is 0.215. The molecule has 0 saturated carbocycles. The first-order valence-electron chi connectivity index (χ1n) is 24.2. The Balaban J connectivity index is 1.37. The van der Waals surface area contributed by atoms with E-state index >= 15 is 0 Å². The zero-order valence-corrected chi connectivity index (χ0v) is 38.0. The van der Waals surface area contributed by atoms with Crippen LogP contribution in [0.25, 0.3) is 68.6 Å². The Morgan fingerprint density at radius 3 is 1.08 bits per heavy atom. The third kappa shape index (κ3) is 11.8. The first kappa shape index (κ1) is 46.0. The monoisotopic (exact) mass is 859 g/mol. The van der Waals surface area contributed by atoms with Crippen molar-refractivity contribution in [3.63, 3.8) is 0 Å². The molecule has 4 N–H and O–H groups in total. The van der Waals surface area contributed by atoms with E-state index in [2.05, 4.69) is 60.3 Å². The summed E-state index contributed by atoms with van der Waals surface area (Å²) in [4.78, 5) is 42.2. The molecule has 0 amide bonds. The van der Waals surface area contributed by atoms with Gasteiger partial charge in [0.15, 0.2) is 0 Å². The van der Waals surface area contributed by atoms with Gasteiger partial charge in [-0.25, -0.2) is 19.6 Å². The van der Waals surface area contributed by atoms with E-state index in [0.29, 0.717) is 0 Å².